The second-order valence-corrected chi connectivity index (χ2v) is 6.39. The van der Waals surface area contributed by atoms with Crippen molar-refractivity contribution >= 4 is 34.8 Å². The fourth-order valence-corrected chi connectivity index (χ4v) is 2.75. The van der Waals surface area contributed by atoms with Crippen LogP contribution >= 0.6 is 11.6 Å². The Labute approximate surface area is 167 Å². The zero-order chi connectivity index (χ0) is 19.9. The quantitative estimate of drug-likeness (QED) is 0.633. The molecule has 3 rings (SSSR count). The standard InChI is InChI=1S/C20H19ClN4O3/c1-28-16-5-6-18(17(21)12-16)24-20(27)14-3-2-4-15(11-14)23-19(26)7-9-25-10-8-22-13-25/h2-6,8,10-13H,7,9H2,1H3,(H,23,26)(H,24,27). The molecule has 8 heteroatoms. The summed E-state index contributed by atoms with van der Waals surface area (Å²) >= 11 is 6.16. The highest BCUT2D eigenvalue weighted by Crippen LogP contribution is 2.27. The van der Waals surface area contributed by atoms with Gasteiger partial charge in [-0.15, -0.1) is 0 Å². The van der Waals surface area contributed by atoms with Crippen LogP contribution in [0.25, 0.3) is 0 Å². The first-order valence-corrected chi connectivity index (χ1v) is 8.93. The maximum absolute atomic E-state index is 12.5. The zero-order valence-corrected chi connectivity index (χ0v) is 15.9. The van der Waals surface area contributed by atoms with Crippen LogP contribution in [0.4, 0.5) is 11.4 Å². The summed E-state index contributed by atoms with van der Waals surface area (Å²) in [4.78, 5) is 28.6. The Morgan fingerprint density at radius 2 is 2.04 bits per heavy atom. The van der Waals surface area contributed by atoms with Gasteiger partial charge in [-0.2, -0.15) is 0 Å². The Balaban J connectivity index is 1.62. The summed E-state index contributed by atoms with van der Waals surface area (Å²) in [5.41, 5.74) is 1.42. The number of aryl methyl sites for hydroxylation is 1. The molecule has 2 aromatic carbocycles. The summed E-state index contributed by atoms with van der Waals surface area (Å²) in [6, 6.07) is 11.7. The van der Waals surface area contributed by atoms with Crippen LogP contribution in [0.1, 0.15) is 16.8 Å². The van der Waals surface area contributed by atoms with Crippen LogP contribution in [0, 0.1) is 0 Å². The first-order valence-electron chi connectivity index (χ1n) is 8.55. The third-order valence-electron chi connectivity index (χ3n) is 3.99. The molecule has 144 valence electrons. The van der Waals surface area contributed by atoms with Crippen LogP contribution in [0.5, 0.6) is 5.75 Å². The lowest BCUT2D eigenvalue weighted by atomic mass is 10.1. The second-order valence-electron chi connectivity index (χ2n) is 5.98. The van der Waals surface area contributed by atoms with E-state index in [2.05, 4.69) is 15.6 Å². The lowest BCUT2D eigenvalue weighted by molar-refractivity contribution is -0.116. The van der Waals surface area contributed by atoms with Crippen LogP contribution in [0.2, 0.25) is 5.02 Å². The Hall–Kier alpha value is -3.32. The van der Waals surface area contributed by atoms with Crippen LogP contribution in [0.3, 0.4) is 0 Å². The first-order chi connectivity index (χ1) is 13.5. The summed E-state index contributed by atoms with van der Waals surface area (Å²) in [7, 11) is 1.54. The van der Waals surface area contributed by atoms with Crippen LogP contribution in [0.15, 0.2) is 61.2 Å². The number of hydrogen-bond acceptors (Lipinski definition) is 4. The summed E-state index contributed by atoms with van der Waals surface area (Å²) in [5, 5.41) is 5.92. The molecule has 1 aromatic heterocycles. The number of hydrogen-bond donors (Lipinski definition) is 2. The molecule has 0 fully saturated rings. The maximum atomic E-state index is 12.5. The molecule has 1 heterocycles. The molecule has 0 atom stereocenters. The summed E-state index contributed by atoms with van der Waals surface area (Å²) < 4.78 is 6.91. The number of rotatable bonds is 7. The molecule has 7 nitrogen and oxygen atoms in total. The van der Waals surface area contributed by atoms with Gasteiger partial charge in [0.2, 0.25) is 5.91 Å². The number of halogens is 1. The van der Waals surface area contributed by atoms with Crippen molar-refractivity contribution in [3.05, 3.63) is 71.8 Å². The van der Waals surface area contributed by atoms with Gasteiger partial charge in [-0.3, -0.25) is 9.59 Å². The molecule has 2 amide bonds. The molecule has 0 unspecified atom stereocenters. The highest BCUT2D eigenvalue weighted by atomic mass is 35.5. The Morgan fingerprint density at radius 3 is 2.75 bits per heavy atom. The van der Waals surface area contributed by atoms with Gasteiger partial charge in [0.25, 0.3) is 5.91 Å². The molecular weight excluding hydrogens is 380 g/mol. The van der Waals surface area contributed by atoms with E-state index in [-0.39, 0.29) is 11.8 Å². The Morgan fingerprint density at radius 1 is 1.18 bits per heavy atom. The number of ether oxygens (including phenoxy) is 1. The van der Waals surface area contributed by atoms with E-state index >= 15 is 0 Å². The van der Waals surface area contributed by atoms with E-state index in [0.717, 1.165) is 0 Å². The molecule has 0 aliphatic carbocycles. The van der Waals surface area contributed by atoms with Gasteiger partial charge in [-0.25, -0.2) is 4.98 Å². The van der Waals surface area contributed by atoms with E-state index in [1.165, 1.54) is 0 Å². The lowest BCUT2D eigenvalue weighted by Gasteiger charge is -2.10. The average Bonchev–Trinajstić information content (AvgIpc) is 3.22. The topological polar surface area (TPSA) is 85.3 Å². The third-order valence-corrected chi connectivity index (χ3v) is 4.30. The van der Waals surface area contributed by atoms with E-state index in [1.54, 1.807) is 68.3 Å². The molecular formula is C20H19ClN4O3. The van der Waals surface area contributed by atoms with Crippen molar-refractivity contribution in [3.8, 4) is 5.75 Å². The fourth-order valence-electron chi connectivity index (χ4n) is 2.53. The molecule has 0 bridgehead atoms. The van der Waals surface area contributed by atoms with Crippen molar-refractivity contribution in [2.45, 2.75) is 13.0 Å². The zero-order valence-electron chi connectivity index (χ0n) is 15.2. The minimum Gasteiger partial charge on any atom is -0.497 e. The van der Waals surface area contributed by atoms with Crippen LogP contribution < -0.4 is 15.4 Å². The lowest BCUT2D eigenvalue weighted by Crippen LogP contribution is -2.16. The van der Waals surface area contributed by atoms with Crippen LogP contribution in [-0.2, 0) is 11.3 Å². The van der Waals surface area contributed by atoms with E-state index in [4.69, 9.17) is 16.3 Å². The molecule has 0 aliphatic heterocycles. The molecule has 0 saturated heterocycles. The van der Waals surface area contributed by atoms with Crippen LogP contribution in [-0.4, -0.2) is 28.5 Å². The van der Waals surface area contributed by atoms with E-state index < -0.39 is 0 Å². The number of carbonyl (C=O) groups excluding carboxylic acids is 2. The number of nitrogens with zero attached hydrogens (tertiary/aromatic N) is 2. The van der Waals surface area contributed by atoms with E-state index in [1.807, 2.05) is 4.57 Å². The minimum absolute atomic E-state index is 0.149. The molecule has 0 spiro atoms. The molecule has 0 aliphatic rings. The van der Waals surface area contributed by atoms with Crippen molar-refractivity contribution in [2.24, 2.45) is 0 Å². The summed E-state index contributed by atoms with van der Waals surface area (Å²) in [6.07, 6.45) is 5.41. The van der Waals surface area contributed by atoms with Gasteiger partial charge in [0, 0.05) is 42.7 Å². The van der Waals surface area contributed by atoms with Gasteiger partial charge in [0.05, 0.1) is 24.1 Å². The number of anilines is 2. The molecule has 28 heavy (non-hydrogen) atoms. The summed E-state index contributed by atoms with van der Waals surface area (Å²) in [6.45, 7) is 0.530. The molecule has 3 aromatic rings. The van der Waals surface area contributed by atoms with Crippen molar-refractivity contribution in [2.75, 3.05) is 17.7 Å². The predicted octanol–water partition coefficient (Wildman–Crippen LogP) is 3.83. The van der Waals surface area contributed by atoms with Gasteiger partial charge in [0.15, 0.2) is 0 Å². The summed E-state index contributed by atoms with van der Waals surface area (Å²) in [5.74, 6) is 0.120. The van der Waals surface area contributed by atoms with E-state index in [0.29, 0.717) is 40.7 Å². The number of carbonyl (C=O) groups is 2. The SMILES string of the molecule is COc1ccc(NC(=O)c2cccc(NC(=O)CCn3ccnc3)c2)c(Cl)c1. The van der Waals surface area contributed by atoms with E-state index in [9.17, 15) is 9.59 Å². The molecule has 0 radical (unpaired) electrons. The highest BCUT2D eigenvalue weighted by molar-refractivity contribution is 6.34. The number of methoxy groups -OCH3 is 1. The normalized spacial score (nSPS) is 10.4. The molecule has 2 N–H and O–H groups in total. The second kappa shape index (κ2) is 9.05. The third kappa shape index (κ3) is 5.11. The largest absolute Gasteiger partial charge is 0.497 e. The van der Waals surface area contributed by atoms with Gasteiger partial charge in [0.1, 0.15) is 5.75 Å². The van der Waals surface area contributed by atoms with Crippen molar-refractivity contribution < 1.29 is 14.3 Å². The molecule has 0 saturated carbocycles. The number of imidazole rings is 1. The van der Waals surface area contributed by atoms with Gasteiger partial charge in [-0.05, 0) is 30.3 Å². The Bertz CT molecular complexity index is 973. The fraction of sp³-hybridized carbons (Fsp3) is 0.150. The maximum Gasteiger partial charge on any atom is 0.255 e. The highest BCUT2D eigenvalue weighted by Gasteiger charge is 2.11. The van der Waals surface area contributed by atoms with Gasteiger partial charge in [-0.1, -0.05) is 17.7 Å². The smallest absolute Gasteiger partial charge is 0.255 e. The monoisotopic (exact) mass is 398 g/mol. The minimum atomic E-state index is -0.332. The van der Waals surface area contributed by atoms with Crippen molar-refractivity contribution in [1.29, 1.82) is 0 Å². The number of amides is 2. The first kappa shape index (κ1) is 19.4. The number of nitrogens with one attached hydrogen (secondary N) is 2. The predicted molar refractivity (Wildman–Crippen MR) is 108 cm³/mol. The average molecular weight is 399 g/mol. The van der Waals surface area contributed by atoms with Gasteiger partial charge >= 0.3 is 0 Å². The van der Waals surface area contributed by atoms with Crippen molar-refractivity contribution in [1.82, 2.24) is 9.55 Å². The number of aromatic nitrogens is 2. The van der Waals surface area contributed by atoms with Crippen molar-refractivity contribution in [3.63, 3.8) is 0 Å². The number of benzene rings is 2. The van der Waals surface area contributed by atoms with Gasteiger partial charge < -0.3 is 19.9 Å². The Kier molecular flexibility index (Phi) is 6.29.